The summed E-state index contributed by atoms with van der Waals surface area (Å²) in [5, 5.41) is 2.79. The van der Waals surface area contributed by atoms with E-state index in [9.17, 15) is 4.79 Å². The van der Waals surface area contributed by atoms with Crippen molar-refractivity contribution in [2.75, 3.05) is 18.0 Å². The number of carbonyl (C=O) groups is 1. The first-order chi connectivity index (χ1) is 11.2. The van der Waals surface area contributed by atoms with E-state index in [1.165, 1.54) is 0 Å². The lowest BCUT2D eigenvalue weighted by Gasteiger charge is -2.26. The molecule has 0 aliphatic carbocycles. The van der Waals surface area contributed by atoms with Gasteiger partial charge in [-0.15, -0.1) is 0 Å². The second-order valence-electron chi connectivity index (χ2n) is 5.88. The number of carbonyl (C=O) groups excluding carboxylic acids is 1. The molecule has 6 nitrogen and oxygen atoms in total. The number of rotatable bonds is 5. The lowest BCUT2D eigenvalue weighted by molar-refractivity contribution is 0.0955. The number of amides is 1. The Balaban J connectivity index is 1.72. The summed E-state index contributed by atoms with van der Waals surface area (Å²) in [6.45, 7) is 6.49. The zero-order valence-corrected chi connectivity index (χ0v) is 13.7. The molecule has 2 aromatic rings. The molecule has 23 heavy (non-hydrogen) atoms. The highest BCUT2D eigenvalue weighted by atomic mass is 16.1. The van der Waals surface area contributed by atoms with Crippen molar-refractivity contribution in [3.05, 3.63) is 42.1 Å². The summed E-state index contributed by atoms with van der Waals surface area (Å²) in [5.41, 5.74) is 0.608. The van der Waals surface area contributed by atoms with E-state index in [2.05, 4.69) is 24.8 Å². The van der Waals surface area contributed by atoms with E-state index in [-0.39, 0.29) is 5.91 Å². The number of nitrogens with zero attached hydrogens (tertiary/aromatic N) is 4. The molecule has 1 saturated heterocycles. The molecular formula is C17H23N5O. The molecule has 0 spiro atoms. The van der Waals surface area contributed by atoms with Gasteiger partial charge in [-0.3, -0.25) is 4.79 Å². The Bertz CT molecular complexity index is 664. The third kappa shape index (κ3) is 3.36. The first-order valence-corrected chi connectivity index (χ1v) is 8.17. The van der Waals surface area contributed by atoms with Crippen LogP contribution >= 0.6 is 0 Å². The molecule has 0 aromatic carbocycles. The van der Waals surface area contributed by atoms with Gasteiger partial charge >= 0.3 is 0 Å². The van der Waals surface area contributed by atoms with Gasteiger partial charge in [-0.2, -0.15) is 0 Å². The Kier molecular flexibility index (Phi) is 4.60. The predicted octanol–water partition coefficient (Wildman–Crippen LogP) is 2.01. The van der Waals surface area contributed by atoms with Crippen molar-refractivity contribution in [2.24, 2.45) is 0 Å². The first kappa shape index (κ1) is 15.5. The Morgan fingerprint density at radius 2 is 2.26 bits per heavy atom. The van der Waals surface area contributed by atoms with Crippen LogP contribution in [0.1, 0.15) is 35.9 Å². The van der Waals surface area contributed by atoms with Gasteiger partial charge < -0.3 is 14.8 Å². The maximum atomic E-state index is 11.8. The molecule has 1 fully saturated rings. The van der Waals surface area contributed by atoms with Gasteiger partial charge in [0.15, 0.2) is 0 Å². The smallest absolute Gasteiger partial charge is 0.252 e. The highest BCUT2D eigenvalue weighted by molar-refractivity contribution is 5.94. The fraction of sp³-hybridized carbons (Fsp3) is 0.471. The zero-order valence-electron chi connectivity index (χ0n) is 13.7. The molecule has 0 radical (unpaired) electrons. The van der Waals surface area contributed by atoms with Crippen LogP contribution in [0.2, 0.25) is 0 Å². The van der Waals surface area contributed by atoms with E-state index < -0.39 is 0 Å². The van der Waals surface area contributed by atoms with Crippen LogP contribution in [0.25, 0.3) is 0 Å². The number of pyridine rings is 1. The molecule has 1 aliphatic rings. The largest absolute Gasteiger partial charge is 0.352 e. The highest BCUT2D eigenvalue weighted by Crippen LogP contribution is 2.25. The third-order valence-corrected chi connectivity index (χ3v) is 4.35. The summed E-state index contributed by atoms with van der Waals surface area (Å²) in [4.78, 5) is 22.9. The average molecular weight is 313 g/mol. The van der Waals surface area contributed by atoms with Crippen LogP contribution < -0.4 is 10.2 Å². The molecule has 1 N–H and O–H groups in total. The number of anilines is 1. The first-order valence-electron chi connectivity index (χ1n) is 8.17. The molecule has 1 unspecified atom stereocenters. The van der Waals surface area contributed by atoms with Gasteiger partial charge in [0.25, 0.3) is 5.91 Å². The quantitative estimate of drug-likeness (QED) is 0.917. The minimum atomic E-state index is -0.0708. The fourth-order valence-corrected chi connectivity index (χ4v) is 3.10. The Morgan fingerprint density at radius 3 is 2.91 bits per heavy atom. The molecule has 2 aromatic heterocycles. The molecular weight excluding hydrogens is 290 g/mol. The lowest BCUT2D eigenvalue weighted by atomic mass is 10.2. The number of aryl methyl sites for hydroxylation is 1. The van der Waals surface area contributed by atoms with Crippen molar-refractivity contribution in [3.63, 3.8) is 0 Å². The monoisotopic (exact) mass is 313 g/mol. The minimum Gasteiger partial charge on any atom is -0.352 e. The van der Waals surface area contributed by atoms with E-state index in [0.29, 0.717) is 18.2 Å². The summed E-state index contributed by atoms with van der Waals surface area (Å²) in [5.74, 6) is 1.91. The van der Waals surface area contributed by atoms with Crippen LogP contribution in [0.5, 0.6) is 0 Å². The second kappa shape index (κ2) is 6.81. The second-order valence-corrected chi connectivity index (χ2v) is 5.88. The number of hydrogen-bond acceptors (Lipinski definition) is 4. The van der Waals surface area contributed by atoms with Crippen LogP contribution in [-0.4, -0.2) is 39.6 Å². The standard InChI is InChI=1S/C17H23N5O/c1-3-18-17(23)14-6-7-16(20-11-14)22-9-4-5-15(22)12-21-10-8-19-13(21)2/h6-8,10-11,15H,3-5,9,12H2,1-2H3,(H,18,23). The molecule has 3 rings (SSSR count). The van der Waals surface area contributed by atoms with Gasteiger partial charge in [-0.25, -0.2) is 9.97 Å². The molecule has 6 heteroatoms. The maximum Gasteiger partial charge on any atom is 0.252 e. The molecule has 1 atom stereocenters. The number of aromatic nitrogens is 3. The van der Waals surface area contributed by atoms with Crippen LogP contribution in [0, 0.1) is 6.92 Å². The Morgan fingerprint density at radius 1 is 1.39 bits per heavy atom. The van der Waals surface area contributed by atoms with Crippen molar-refractivity contribution in [1.82, 2.24) is 19.9 Å². The van der Waals surface area contributed by atoms with Gasteiger partial charge in [0.2, 0.25) is 0 Å². The Labute approximate surface area is 136 Å². The van der Waals surface area contributed by atoms with Crippen LogP contribution in [0.3, 0.4) is 0 Å². The molecule has 0 bridgehead atoms. The SMILES string of the molecule is CCNC(=O)c1ccc(N2CCCC2Cn2ccnc2C)nc1. The predicted molar refractivity (Wildman–Crippen MR) is 89.6 cm³/mol. The molecule has 0 saturated carbocycles. The Hall–Kier alpha value is -2.37. The number of imidazole rings is 1. The topological polar surface area (TPSA) is 63.1 Å². The lowest BCUT2D eigenvalue weighted by Crippen LogP contribution is -2.33. The van der Waals surface area contributed by atoms with Gasteiger partial charge in [0.05, 0.1) is 5.56 Å². The van der Waals surface area contributed by atoms with Gasteiger partial charge in [0.1, 0.15) is 11.6 Å². The van der Waals surface area contributed by atoms with Crippen molar-refractivity contribution in [1.29, 1.82) is 0 Å². The summed E-state index contributed by atoms with van der Waals surface area (Å²) >= 11 is 0. The van der Waals surface area contributed by atoms with E-state index in [0.717, 1.165) is 37.6 Å². The normalized spacial score (nSPS) is 17.5. The summed E-state index contributed by atoms with van der Waals surface area (Å²) in [7, 11) is 0. The zero-order chi connectivity index (χ0) is 16.2. The van der Waals surface area contributed by atoms with Crippen LogP contribution in [-0.2, 0) is 6.54 Å². The van der Waals surface area contributed by atoms with Crippen LogP contribution in [0.4, 0.5) is 5.82 Å². The van der Waals surface area contributed by atoms with Crippen molar-refractivity contribution >= 4 is 11.7 Å². The van der Waals surface area contributed by atoms with Crippen molar-refractivity contribution in [2.45, 2.75) is 39.3 Å². The van der Waals surface area contributed by atoms with Gasteiger partial charge in [-0.1, -0.05) is 0 Å². The third-order valence-electron chi connectivity index (χ3n) is 4.35. The fourth-order valence-electron chi connectivity index (χ4n) is 3.10. The average Bonchev–Trinajstić information content (AvgIpc) is 3.18. The summed E-state index contributed by atoms with van der Waals surface area (Å²) < 4.78 is 2.19. The van der Waals surface area contributed by atoms with E-state index in [4.69, 9.17) is 0 Å². The molecule has 1 aliphatic heterocycles. The van der Waals surface area contributed by atoms with E-state index in [1.54, 1.807) is 6.20 Å². The number of nitrogens with one attached hydrogen (secondary N) is 1. The van der Waals surface area contributed by atoms with Gasteiger partial charge in [0, 0.05) is 44.3 Å². The number of hydrogen-bond donors (Lipinski definition) is 1. The van der Waals surface area contributed by atoms with Gasteiger partial charge in [-0.05, 0) is 38.8 Å². The highest BCUT2D eigenvalue weighted by Gasteiger charge is 2.26. The molecule has 3 heterocycles. The van der Waals surface area contributed by atoms with E-state index >= 15 is 0 Å². The van der Waals surface area contributed by atoms with Crippen molar-refractivity contribution < 1.29 is 4.79 Å². The summed E-state index contributed by atoms with van der Waals surface area (Å²) in [6.07, 6.45) is 7.85. The van der Waals surface area contributed by atoms with Crippen LogP contribution in [0.15, 0.2) is 30.7 Å². The van der Waals surface area contributed by atoms with Crippen molar-refractivity contribution in [3.8, 4) is 0 Å². The van der Waals surface area contributed by atoms with E-state index in [1.807, 2.05) is 38.4 Å². The summed E-state index contributed by atoms with van der Waals surface area (Å²) in [6, 6.07) is 4.22. The minimum absolute atomic E-state index is 0.0708. The molecule has 122 valence electrons. The maximum absolute atomic E-state index is 11.8. The molecule has 1 amide bonds.